The fraction of sp³-hybridized carbons (Fsp3) is 0.179. The summed E-state index contributed by atoms with van der Waals surface area (Å²) in [6.07, 6.45) is 0.584. The number of oxazole rings is 1. The van der Waals surface area contributed by atoms with Crippen LogP contribution in [0.15, 0.2) is 83.3 Å². The third-order valence-corrected chi connectivity index (χ3v) is 5.49. The van der Waals surface area contributed by atoms with E-state index in [2.05, 4.69) is 15.6 Å². The quantitative estimate of drug-likeness (QED) is 0.371. The van der Waals surface area contributed by atoms with Gasteiger partial charge in [-0.15, -0.1) is 0 Å². The number of hydrogen-bond donors (Lipinski definition) is 2. The highest BCUT2D eigenvalue weighted by Crippen LogP contribution is 2.23. The smallest absolute Gasteiger partial charge is 0.228 e. The third kappa shape index (κ3) is 6.57. The molecule has 35 heavy (non-hydrogen) atoms. The van der Waals surface area contributed by atoms with Crippen molar-refractivity contribution in [3.05, 3.63) is 101 Å². The van der Waals surface area contributed by atoms with Crippen molar-refractivity contribution in [3.63, 3.8) is 0 Å². The van der Waals surface area contributed by atoms with Crippen LogP contribution in [0.2, 0.25) is 0 Å². The molecule has 0 aliphatic heterocycles. The normalized spacial score (nSPS) is 10.6. The van der Waals surface area contributed by atoms with E-state index in [1.165, 1.54) is 0 Å². The van der Waals surface area contributed by atoms with Crippen LogP contribution in [0.1, 0.15) is 22.6 Å². The number of carbonyl (C=O) groups is 2. The molecule has 0 saturated heterocycles. The first kappa shape index (κ1) is 23.8. The molecule has 178 valence electrons. The number of anilines is 1. The number of aryl methyl sites for hydroxylation is 1. The minimum Gasteiger partial charge on any atom is -0.497 e. The Morgan fingerprint density at radius 2 is 1.51 bits per heavy atom. The van der Waals surface area contributed by atoms with E-state index in [0.717, 1.165) is 22.4 Å². The monoisotopic (exact) mass is 469 g/mol. The largest absolute Gasteiger partial charge is 0.497 e. The van der Waals surface area contributed by atoms with E-state index in [1.54, 1.807) is 7.11 Å². The molecule has 1 heterocycles. The number of nitrogens with zero attached hydrogens (tertiary/aromatic N) is 1. The fourth-order valence-corrected chi connectivity index (χ4v) is 3.57. The Morgan fingerprint density at radius 1 is 0.857 bits per heavy atom. The second-order valence-corrected chi connectivity index (χ2v) is 8.11. The van der Waals surface area contributed by atoms with Crippen LogP contribution in [0.3, 0.4) is 0 Å². The van der Waals surface area contributed by atoms with E-state index in [1.807, 2.05) is 85.8 Å². The van der Waals surface area contributed by atoms with Gasteiger partial charge in [-0.25, -0.2) is 4.98 Å². The molecule has 2 amide bonds. The van der Waals surface area contributed by atoms with Crippen LogP contribution in [0.5, 0.6) is 5.75 Å². The zero-order valence-electron chi connectivity index (χ0n) is 19.7. The molecule has 0 radical (unpaired) electrons. The highest BCUT2D eigenvalue weighted by molar-refractivity contribution is 5.92. The average molecular weight is 470 g/mol. The fourth-order valence-electron chi connectivity index (χ4n) is 3.57. The van der Waals surface area contributed by atoms with Crippen LogP contribution in [-0.2, 0) is 29.0 Å². The molecule has 0 unspecified atom stereocenters. The molecule has 0 aliphatic rings. The summed E-state index contributed by atoms with van der Waals surface area (Å²) < 4.78 is 11.0. The number of ether oxygens (including phenoxy) is 1. The van der Waals surface area contributed by atoms with Crippen molar-refractivity contribution in [1.82, 2.24) is 10.3 Å². The molecule has 0 bridgehead atoms. The number of hydrogen-bond acceptors (Lipinski definition) is 5. The Hall–Kier alpha value is -4.39. The summed E-state index contributed by atoms with van der Waals surface area (Å²) in [6.45, 7) is 2.09. The molecule has 7 nitrogen and oxygen atoms in total. The summed E-state index contributed by atoms with van der Waals surface area (Å²) in [5, 5.41) is 5.79. The molecule has 0 fully saturated rings. The highest BCUT2D eigenvalue weighted by atomic mass is 16.5. The molecule has 2 N–H and O–H groups in total. The van der Waals surface area contributed by atoms with Crippen molar-refractivity contribution in [1.29, 1.82) is 0 Å². The standard InChI is InChI=1S/C28H27N3O4/c1-19-25(18-29-26(32)16-21-8-14-24(34-2)15-9-21)31-28(35-19)22-10-12-23(13-11-22)30-27(33)17-20-6-4-3-5-7-20/h3-15H,16-18H2,1-2H3,(H,29,32)(H,30,33). The van der Waals surface area contributed by atoms with E-state index in [-0.39, 0.29) is 24.8 Å². The van der Waals surface area contributed by atoms with Crippen molar-refractivity contribution in [2.75, 3.05) is 12.4 Å². The van der Waals surface area contributed by atoms with Gasteiger partial charge in [0.2, 0.25) is 17.7 Å². The van der Waals surface area contributed by atoms with E-state index in [4.69, 9.17) is 9.15 Å². The Bertz CT molecular complexity index is 1280. The zero-order valence-corrected chi connectivity index (χ0v) is 19.7. The van der Waals surface area contributed by atoms with Gasteiger partial charge < -0.3 is 19.8 Å². The van der Waals surface area contributed by atoms with Gasteiger partial charge in [0, 0.05) is 11.3 Å². The lowest BCUT2D eigenvalue weighted by molar-refractivity contribution is -0.120. The van der Waals surface area contributed by atoms with Gasteiger partial charge in [0.15, 0.2) is 0 Å². The van der Waals surface area contributed by atoms with E-state index >= 15 is 0 Å². The number of benzene rings is 3. The summed E-state index contributed by atoms with van der Waals surface area (Å²) in [4.78, 5) is 29.2. The molecule has 1 aromatic heterocycles. The Labute approximate surface area is 204 Å². The lowest BCUT2D eigenvalue weighted by atomic mass is 10.1. The molecular weight excluding hydrogens is 442 g/mol. The van der Waals surface area contributed by atoms with Crippen LogP contribution in [0.4, 0.5) is 5.69 Å². The van der Waals surface area contributed by atoms with Crippen molar-refractivity contribution < 1.29 is 18.7 Å². The van der Waals surface area contributed by atoms with Gasteiger partial charge in [-0.05, 0) is 54.4 Å². The summed E-state index contributed by atoms with van der Waals surface area (Å²) >= 11 is 0. The lowest BCUT2D eigenvalue weighted by Crippen LogP contribution is -2.25. The first-order valence-electron chi connectivity index (χ1n) is 11.3. The first-order chi connectivity index (χ1) is 17.0. The van der Waals surface area contributed by atoms with Gasteiger partial charge in [0.25, 0.3) is 0 Å². The molecule has 0 saturated carbocycles. The minimum atomic E-state index is -0.102. The molecule has 4 aromatic rings. The predicted octanol–water partition coefficient (Wildman–Crippen LogP) is 4.70. The van der Waals surface area contributed by atoms with Crippen LogP contribution in [-0.4, -0.2) is 23.9 Å². The Morgan fingerprint density at radius 3 is 2.20 bits per heavy atom. The number of aromatic nitrogens is 1. The molecule has 7 heteroatoms. The van der Waals surface area contributed by atoms with Crippen molar-refractivity contribution >= 4 is 17.5 Å². The van der Waals surface area contributed by atoms with Crippen LogP contribution >= 0.6 is 0 Å². The summed E-state index contributed by atoms with van der Waals surface area (Å²) in [5.41, 5.74) is 4.01. The van der Waals surface area contributed by atoms with Crippen molar-refractivity contribution in [2.24, 2.45) is 0 Å². The minimum absolute atomic E-state index is 0.0800. The van der Waals surface area contributed by atoms with Crippen molar-refractivity contribution in [2.45, 2.75) is 26.3 Å². The zero-order chi connectivity index (χ0) is 24.6. The maximum atomic E-state index is 12.3. The van der Waals surface area contributed by atoms with Crippen LogP contribution in [0.25, 0.3) is 11.5 Å². The third-order valence-electron chi connectivity index (χ3n) is 5.49. The summed E-state index contributed by atoms with van der Waals surface area (Å²) in [5.74, 6) is 1.68. The SMILES string of the molecule is COc1ccc(CC(=O)NCc2nc(-c3ccc(NC(=O)Cc4ccccc4)cc3)oc2C)cc1. The molecule has 0 spiro atoms. The van der Waals surface area contributed by atoms with Crippen molar-refractivity contribution in [3.8, 4) is 17.2 Å². The molecule has 4 rings (SSSR count). The number of nitrogens with one attached hydrogen (secondary N) is 2. The second-order valence-electron chi connectivity index (χ2n) is 8.11. The summed E-state index contributed by atoms with van der Waals surface area (Å²) in [6, 6.07) is 24.3. The Kier molecular flexibility index (Phi) is 7.57. The first-order valence-corrected chi connectivity index (χ1v) is 11.3. The molecular formula is C28H27N3O4. The summed E-state index contributed by atoms with van der Waals surface area (Å²) in [7, 11) is 1.61. The van der Waals surface area contributed by atoms with Gasteiger partial charge in [-0.3, -0.25) is 9.59 Å². The molecule has 3 aromatic carbocycles. The second kappa shape index (κ2) is 11.2. The van der Waals surface area contributed by atoms with E-state index < -0.39 is 0 Å². The van der Waals surface area contributed by atoms with Gasteiger partial charge in [0.1, 0.15) is 17.2 Å². The lowest BCUT2D eigenvalue weighted by Gasteiger charge is -2.06. The number of methoxy groups -OCH3 is 1. The number of amides is 2. The van der Waals surface area contributed by atoms with Gasteiger partial charge in [0.05, 0.1) is 26.5 Å². The molecule has 0 atom stereocenters. The van der Waals surface area contributed by atoms with Crippen LogP contribution < -0.4 is 15.4 Å². The van der Waals surface area contributed by atoms with Gasteiger partial charge >= 0.3 is 0 Å². The predicted molar refractivity (Wildman–Crippen MR) is 134 cm³/mol. The number of carbonyl (C=O) groups excluding carboxylic acids is 2. The molecule has 0 aliphatic carbocycles. The topological polar surface area (TPSA) is 93.5 Å². The maximum absolute atomic E-state index is 12.3. The number of rotatable bonds is 9. The Balaban J connectivity index is 1.31. The highest BCUT2D eigenvalue weighted by Gasteiger charge is 2.13. The van der Waals surface area contributed by atoms with Gasteiger partial charge in [-0.2, -0.15) is 0 Å². The van der Waals surface area contributed by atoms with Crippen LogP contribution in [0, 0.1) is 6.92 Å². The average Bonchev–Trinajstić information content (AvgIpc) is 3.24. The van der Waals surface area contributed by atoms with E-state index in [0.29, 0.717) is 29.5 Å². The maximum Gasteiger partial charge on any atom is 0.228 e. The van der Waals surface area contributed by atoms with E-state index in [9.17, 15) is 9.59 Å². The van der Waals surface area contributed by atoms with Gasteiger partial charge in [-0.1, -0.05) is 42.5 Å².